The van der Waals surface area contributed by atoms with Crippen LogP contribution in [0.3, 0.4) is 0 Å². The van der Waals surface area contributed by atoms with Crippen molar-refractivity contribution in [1.29, 1.82) is 0 Å². The Morgan fingerprint density at radius 1 is 1.12 bits per heavy atom. The highest BCUT2D eigenvalue weighted by atomic mass is 35.5. The molecule has 0 spiro atoms. The molecule has 11 heteroatoms. The fraction of sp³-hybridized carbons (Fsp3) is 0.286. The number of ether oxygens (including phenoxy) is 1. The Hall–Kier alpha value is -2.07. The van der Waals surface area contributed by atoms with Crippen LogP contribution in [0.15, 0.2) is 30.3 Å². The smallest absolute Gasteiger partial charge is 0.435 e. The summed E-state index contributed by atoms with van der Waals surface area (Å²) >= 11 is 5.57. The number of rotatable bonds is 5. The molecule has 1 saturated carbocycles. The lowest BCUT2D eigenvalue weighted by molar-refractivity contribution is -0.0500. The second-order valence-corrected chi connectivity index (χ2v) is 7.16. The average molecular weight is 395 g/mol. The number of hydrogen-bond acceptors (Lipinski definition) is 6. The second kappa shape index (κ2) is 6.34. The summed E-state index contributed by atoms with van der Waals surface area (Å²) in [7, 11) is -5.90. The number of para-hydroxylation sites is 1. The molecule has 6 nitrogen and oxygen atoms in total. The Bertz CT molecular complexity index is 901. The van der Waals surface area contributed by atoms with Crippen molar-refractivity contribution in [1.82, 2.24) is 10.2 Å². The van der Waals surface area contributed by atoms with Crippen molar-refractivity contribution in [3.8, 4) is 17.4 Å². The van der Waals surface area contributed by atoms with Gasteiger partial charge >= 0.3 is 15.6 Å². The van der Waals surface area contributed by atoms with Crippen molar-refractivity contribution in [3.63, 3.8) is 0 Å². The highest BCUT2D eigenvalue weighted by molar-refractivity contribution is 7.88. The highest BCUT2D eigenvalue weighted by Gasteiger charge is 2.49. The Labute approximate surface area is 145 Å². The molecule has 1 aliphatic carbocycles. The van der Waals surface area contributed by atoms with E-state index in [1.54, 1.807) is 18.2 Å². The predicted octanol–water partition coefficient (Wildman–Crippen LogP) is 4.03. The van der Waals surface area contributed by atoms with Gasteiger partial charge in [0.15, 0.2) is 5.15 Å². The Morgan fingerprint density at radius 2 is 1.80 bits per heavy atom. The molecule has 3 rings (SSSR count). The number of benzene rings is 1. The van der Waals surface area contributed by atoms with Gasteiger partial charge in [0.1, 0.15) is 5.75 Å². The molecule has 0 radical (unpaired) electrons. The molecular formula is C14H10ClF3N2O4S. The van der Waals surface area contributed by atoms with Gasteiger partial charge in [0.2, 0.25) is 5.75 Å². The van der Waals surface area contributed by atoms with E-state index in [4.69, 9.17) is 16.3 Å². The van der Waals surface area contributed by atoms with Crippen LogP contribution in [0.5, 0.6) is 17.4 Å². The maximum atomic E-state index is 12.5. The van der Waals surface area contributed by atoms with Crippen LogP contribution < -0.4 is 8.92 Å². The van der Waals surface area contributed by atoms with Crippen LogP contribution in [0.2, 0.25) is 5.15 Å². The minimum absolute atomic E-state index is 0.278. The first-order chi connectivity index (χ1) is 11.7. The topological polar surface area (TPSA) is 78.4 Å². The molecule has 0 atom stereocenters. The third kappa shape index (κ3) is 3.96. The molecule has 2 aromatic rings. The highest BCUT2D eigenvalue weighted by Crippen LogP contribution is 2.45. The van der Waals surface area contributed by atoms with E-state index < -0.39 is 27.3 Å². The maximum absolute atomic E-state index is 12.5. The summed E-state index contributed by atoms with van der Waals surface area (Å²) in [5.41, 5.74) is -4.77. The van der Waals surface area contributed by atoms with Crippen LogP contribution in [-0.4, -0.2) is 24.1 Å². The first kappa shape index (κ1) is 17.7. The molecule has 0 N–H and O–H groups in total. The maximum Gasteiger partial charge on any atom is 0.534 e. The minimum Gasteiger partial charge on any atom is -0.435 e. The van der Waals surface area contributed by atoms with E-state index in [2.05, 4.69) is 14.4 Å². The monoisotopic (exact) mass is 394 g/mol. The van der Waals surface area contributed by atoms with Crippen molar-refractivity contribution in [3.05, 3.63) is 41.0 Å². The first-order valence-corrected chi connectivity index (χ1v) is 8.77. The largest absolute Gasteiger partial charge is 0.534 e. The van der Waals surface area contributed by atoms with Gasteiger partial charge in [-0.2, -0.15) is 21.6 Å². The molecule has 1 aromatic carbocycles. The van der Waals surface area contributed by atoms with E-state index in [-0.39, 0.29) is 11.1 Å². The second-order valence-electron chi connectivity index (χ2n) is 5.23. The lowest BCUT2D eigenvalue weighted by Crippen LogP contribution is -2.28. The molecule has 25 heavy (non-hydrogen) atoms. The molecule has 0 saturated heterocycles. The van der Waals surface area contributed by atoms with Crippen LogP contribution in [0.25, 0.3) is 0 Å². The summed E-state index contributed by atoms with van der Waals surface area (Å²) in [5.74, 6) is -0.733. The molecule has 134 valence electrons. The van der Waals surface area contributed by atoms with Crippen molar-refractivity contribution >= 4 is 21.7 Å². The summed E-state index contributed by atoms with van der Waals surface area (Å²) in [6.07, 6.45) is 1.91. The Morgan fingerprint density at radius 3 is 2.44 bits per heavy atom. The molecule has 1 fully saturated rings. The van der Waals surface area contributed by atoms with Gasteiger partial charge in [-0.05, 0) is 30.4 Å². The van der Waals surface area contributed by atoms with E-state index >= 15 is 0 Å². The van der Waals surface area contributed by atoms with Crippen LogP contribution in [0.4, 0.5) is 13.2 Å². The van der Waals surface area contributed by atoms with Gasteiger partial charge in [0.25, 0.3) is 5.88 Å². The van der Waals surface area contributed by atoms with Gasteiger partial charge in [-0.1, -0.05) is 29.8 Å². The number of aromatic nitrogens is 2. The van der Waals surface area contributed by atoms with Gasteiger partial charge in [-0.25, -0.2) is 0 Å². The van der Waals surface area contributed by atoms with Crippen molar-refractivity contribution in [2.24, 2.45) is 0 Å². The molecule has 0 bridgehead atoms. The Kier molecular flexibility index (Phi) is 4.50. The fourth-order valence-electron chi connectivity index (χ4n) is 2.05. The van der Waals surface area contributed by atoms with E-state index in [0.29, 0.717) is 5.75 Å². The summed E-state index contributed by atoms with van der Waals surface area (Å²) < 4.78 is 69.6. The van der Waals surface area contributed by atoms with Crippen molar-refractivity contribution in [2.75, 3.05) is 0 Å². The summed E-state index contributed by atoms with van der Waals surface area (Å²) in [6, 6.07) is 7.64. The number of hydrogen-bond donors (Lipinski definition) is 0. The number of halogens is 4. The normalized spacial score (nSPS) is 15.0. The molecular weight excluding hydrogens is 385 g/mol. The lowest BCUT2D eigenvalue weighted by atomic mass is 10.1. The van der Waals surface area contributed by atoms with Crippen LogP contribution >= 0.6 is 11.6 Å². The van der Waals surface area contributed by atoms with E-state index in [1.807, 2.05) is 6.07 Å². The van der Waals surface area contributed by atoms with E-state index in [9.17, 15) is 21.6 Å². The summed E-state index contributed by atoms with van der Waals surface area (Å²) in [5, 5.41) is 6.60. The lowest BCUT2D eigenvalue weighted by Gasteiger charge is -2.14. The SMILES string of the molecule is O=S(=O)(Oc1cc(Cl)nnc1Oc1ccccc1C1CC1)C(F)(F)F. The number of nitrogens with zero attached hydrogens (tertiary/aromatic N) is 2. The van der Waals surface area contributed by atoms with Gasteiger partial charge in [0.05, 0.1) is 0 Å². The standard InChI is InChI=1S/C14H10ClF3N2O4S/c15-12-7-11(24-25(21,22)14(16,17)18)13(20-19-12)23-10-4-2-1-3-9(10)8-5-6-8/h1-4,7-8H,5-6H2. The van der Waals surface area contributed by atoms with Crippen molar-refractivity contribution < 1.29 is 30.5 Å². The zero-order valence-corrected chi connectivity index (χ0v) is 13.9. The van der Waals surface area contributed by atoms with Crippen molar-refractivity contribution in [2.45, 2.75) is 24.3 Å². The molecule has 0 unspecified atom stereocenters. The minimum atomic E-state index is -5.90. The molecule has 1 heterocycles. The average Bonchev–Trinajstić information content (AvgIpc) is 3.34. The van der Waals surface area contributed by atoms with Crippen LogP contribution in [-0.2, 0) is 10.1 Å². The fourth-order valence-corrected chi connectivity index (χ4v) is 2.63. The Balaban J connectivity index is 1.95. The van der Waals surface area contributed by atoms with E-state index in [1.165, 1.54) is 0 Å². The molecule has 1 aliphatic rings. The van der Waals surface area contributed by atoms with Crippen LogP contribution in [0.1, 0.15) is 24.3 Å². The van der Waals surface area contributed by atoms with Gasteiger partial charge < -0.3 is 8.92 Å². The van der Waals surface area contributed by atoms with Gasteiger partial charge in [-0.3, -0.25) is 0 Å². The molecule has 1 aromatic heterocycles. The van der Waals surface area contributed by atoms with Gasteiger partial charge in [-0.15, -0.1) is 10.2 Å². The predicted molar refractivity (Wildman–Crippen MR) is 81.1 cm³/mol. The molecule has 0 aliphatic heterocycles. The van der Waals surface area contributed by atoms with Crippen LogP contribution in [0, 0.1) is 0 Å². The zero-order valence-electron chi connectivity index (χ0n) is 12.3. The third-order valence-corrected chi connectivity index (χ3v) is 4.47. The number of alkyl halides is 3. The molecule has 0 amide bonds. The first-order valence-electron chi connectivity index (χ1n) is 6.98. The van der Waals surface area contributed by atoms with Gasteiger partial charge in [0, 0.05) is 6.07 Å². The summed E-state index contributed by atoms with van der Waals surface area (Å²) in [6.45, 7) is 0. The van der Waals surface area contributed by atoms with E-state index in [0.717, 1.165) is 24.5 Å². The summed E-state index contributed by atoms with van der Waals surface area (Å²) in [4.78, 5) is 0. The zero-order chi connectivity index (χ0) is 18.2. The quantitative estimate of drug-likeness (QED) is 0.563. The third-order valence-electron chi connectivity index (χ3n) is 3.32.